The molecule has 0 saturated heterocycles. The molecule has 0 spiro atoms. The number of alkyl carbamates (subject to hydrolysis) is 1. The summed E-state index contributed by atoms with van der Waals surface area (Å²) in [5, 5.41) is 14.3. The van der Waals surface area contributed by atoms with E-state index in [1.165, 1.54) is 0 Å². The fourth-order valence-corrected chi connectivity index (χ4v) is 2.60. The molecule has 1 aliphatic carbocycles. The predicted octanol–water partition coefficient (Wildman–Crippen LogP) is 1.87. The van der Waals surface area contributed by atoms with Gasteiger partial charge < -0.3 is 20.5 Å². The Balaban J connectivity index is 1.75. The van der Waals surface area contributed by atoms with Gasteiger partial charge in [0.05, 0.1) is 6.10 Å². The van der Waals surface area contributed by atoms with E-state index in [4.69, 9.17) is 4.74 Å². The number of nitrogens with one attached hydrogen (secondary N) is 2. The van der Waals surface area contributed by atoms with Crippen molar-refractivity contribution >= 4 is 12.0 Å². The molecule has 25 heavy (non-hydrogen) atoms. The van der Waals surface area contributed by atoms with Gasteiger partial charge in [0.2, 0.25) is 0 Å². The molecule has 1 saturated carbocycles. The normalized spacial score (nSPS) is 23.6. The van der Waals surface area contributed by atoms with Crippen molar-refractivity contribution in [2.45, 2.75) is 50.2 Å². The Morgan fingerprint density at radius 3 is 2.48 bits per heavy atom. The minimum absolute atomic E-state index is 0.113. The number of hydrogen-bond acceptors (Lipinski definition) is 4. The summed E-state index contributed by atoms with van der Waals surface area (Å²) in [6.45, 7) is 0.257. The van der Waals surface area contributed by atoms with Crippen LogP contribution >= 0.6 is 0 Å². The molecule has 3 atom stereocenters. The summed E-state index contributed by atoms with van der Waals surface area (Å²) in [6.07, 6.45) is -7.43. The van der Waals surface area contributed by atoms with Crippen LogP contribution in [0.3, 0.4) is 0 Å². The largest absolute Gasteiger partial charge is 0.471 e. The third-order valence-corrected chi connectivity index (χ3v) is 3.89. The van der Waals surface area contributed by atoms with Crippen LogP contribution in [0.25, 0.3) is 0 Å². The Kier molecular flexibility index (Phi) is 6.24. The van der Waals surface area contributed by atoms with Crippen LogP contribution in [0.4, 0.5) is 18.0 Å². The van der Waals surface area contributed by atoms with Crippen LogP contribution in [0.15, 0.2) is 30.3 Å². The maximum absolute atomic E-state index is 12.2. The predicted molar refractivity (Wildman–Crippen MR) is 81.4 cm³/mol. The molecule has 0 bridgehead atoms. The van der Waals surface area contributed by atoms with Gasteiger partial charge in [-0.15, -0.1) is 0 Å². The Bertz CT molecular complexity index is 595. The van der Waals surface area contributed by atoms with E-state index >= 15 is 0 Å². The highest BCUT2D eigenvalue weighted by atomic mass is 19.4. The lowest BCUT2D eigenvalue weighted by Crippen LogP contribution is -2.49. The molecule has 0 aromatic heterocycles. The number of carbonyl (C=O) groups excluding carboxylic acids is 2. The van der Waals surface area contributed by atoms with E-state index in [0.717, 1.165) is 5.56 Å². The zero-order chi connectivity index (χ0) is 18.4. The average Bonchev–Trinajstić information content (AvgIpc) is 2.55. The van der Waals surface area contributed by atoms with Crippen molar-refractivity contribution in [3.05, 3.63) is 35.9 Å². The molecule has 1 aromatic rings. The van der Waals surface area contributed by atoms with Crippen LogP contribution in [0, 0.1) is 0 Å². The third-order valence-electron chi connectivity index (χ3n) is 3.89. The molecule has 1 fully saturated rings. The van der Waals surface area contributed by atoms with Gasteiger partial charge in [0.1, 0.15) is 6.10 Å². The molecule has 0 radical (unpaired) electrons. The minimum atomic E-state index is -4.96. The van der Waals surface area contributed by atoms with Gasteiger partial charge in [0, 0.05) is 12.6 Å². The third kappa shape index (κ3) is 5.93. The molecule has 0 aliphatic heterocycles. The van der Waals surface area contributed by atoms with E-state index in [-0.39, 0.29) is 25.8 Å². The van der Waals surface area contributed by atoms with Gasteiger partial charge in [-0.2, -0.15) is 13.2 Å². The number of alkyl halides is 3. The lowest BCUT2D eigenvalue weighted by atomic mass is 9.90. The molecule has 2 rings (SSSR count). The molecular formula is C16H19F3N2O4. The number of halogens is 3. The van der Waals surface area contributed by atoms with Crippen LogP contribution in [0.1, 0.15) is 24.8 Å². The summed E-state index contributed by atoms with van der Waals surface area (Å²) in [5.41, 5.74) is 0.874. The van der Waals surface area contributed by atoms with Gasteiger partial charge in [0.25, 0.3) is 0 Å². The van der Waals surface area contributed by atoms with Crippen molar-refractivity contribution in [1.82, 2.24) is 10.6 Å². The van der Waals surface area contributed by atoms with Crippen molar-refractivity contribution in [2.75, 3.05) is 0 Å². The molecule has 0 unspecified atom stereocenters. The van der Waals surface area contributed by atoms with E-state index in [0.29, 0.717) is 0 Å². The maximum atomic E-state index is 12.2. The summed E-state index contributed by atoms with van der Waals surface area (Å²) >= 11 is 0. The van der Waals surface area contributed by atoms with Gasteiger partial charge in [0.15, 0.2) is 0 Å². The molecule has 2 amide bonds. The van der Waals surface area contributed by atoms with E-state index in [9.17, 15) is 27.9 Å². The quantitative estimate of drug-likeness (QED) is 0.765. The van der Waals surface area contributed by atoms with Crippen LogP contribution in [0.5, 0.6) is 0 Å². The van der Waals surface area contributed by atoms with E-state index in [1.807, 2.05) is 35.6 Å². The molecule has 6 nitrogen and oxygen atoms in total. The molecule has 9 heteroatoms. The summed E-state index contributed by atoms with van der Waals surface area (Å²) in [4.78, 5) is 22.7. The van der Waals surface area contributed by atoms with Crippen LogP contribution in [-0.4, -0.2) is 41.5 Å². The molecule has 3 N–H and O–H groups in total. The fourth-order valence-electron chi connectivity index (χ4n) is 2.60. The van der Waals surface area contributed by atoms with Gasteiger partial charge in [-0.3, -0.25) is 4.79 Å². The highest BCUT2D eigenvalue weighted by Crippen LogP contribution is 2.23. The van der Waals surface area contributed by atoms with Gasteiger partial charge >= 0.3 is 18.2 Å². The second-order valence-electron chi connectivity index (χ2n) is 5.83. The van der Waals surface area contributed by atoms with E-state index in [1.54, 1.807) is 0 Å². The molecule has 1 aliphatic rings. The number of hydrogen-bond donors (Lipinski definition) is 3. The fraction of sp³-hybridized carbons (Fsp3) is 0.500. The molecule has 138 valence electrons. The summed E-state index contributed by atoms with van der Waals surface area (Å²) in [6, 6.07) is 8.32. The SMILES string of the molecule is O=C(NCc1ccccc1)O[C@@H]1CC[C@@H](NC(=O)C(F)(F)F)C[C@H]1O. The number of aliphatic hydroxyl groups is 1. The van der Waals surface area contributed by atoms with Gasteiger partial charge in [-0.05, 0) is 24.8 Å². The number of benzene rings is 1. The van der Waals surface area contributed by atoms with Crippen molar-refractivity contribution < 1.29 is 32.6 Å². The van der Waals surface area contributed by atoms with Crippen LogP contribution in [0.2, 0.25) is 0 Å². The number of rotatable bonds is 4. The first-order valence-corrected chi connectivity index (χ1v) is 7.80. The first kappa shape index (κ1) is 19.0. The van der Waals surface area contributed by atoms with Crippen molar-refractivity contribution in [3.8, 4) is 0 Å². The van der Waals surface area contributed by atoms with Crippen LogP contribution in [-0.2, 0) is 16.1 Å². The molecule has 1 aromatic carbocycles. The second-order valence-corrected chi connectivity index (χ2v) is 5.83. The first-order chi connectivity index (χ1) is 11.8. The van der Waals surface area contributed by atoms with Crippen LogP contribution < -0.4 is 10.6 Å². The Morgan fingerprint density at radius 2 is 1.88 bits per heavy atom. The van der Waals surface area contributed by atoms with Crippen molar-refractivity contribution in [2.24, 2.45) is 0 Å². The zero-order valence-corrected chi connectivity index (χ0v) is 13.3. The monoisotopic (exact) mass is 360 g/mol. The second kappa shape index (κ2) is 8.19. The highest BCUT2D eigenvalue weighted by molar-refractivity contribution is 5.81. The number of amides is 2. The summed E-state index contributed by atoms with van der Waals surface area (Å²) in [5.74, 6) is -2.04. The van der Waals surface area contributed by atoms with Gasteiger partial charge in [-0.1, -0.05) is 30.3 Å². The zero-order valence-electron chi connectivity index (χ0n) is 13.3. The van der Waals surface area contributed by atoms with Crippen molar-refractivity contribution in [3.63, 3.8) is 0 Å². The maximum Gasteiger partial charge on any atom is 0.471 e. The Hall–Kier alpha value is -2.29. The lowest BCUT2D eigenvalue weighted by Gasteiger charge is -2.33. The molecular weight excluding hydrogens is 341 g/mol. The number of aliphatic hydroxyl groups excluding tert-OH is 1. The standard InChI is InChI=1S/C16H19F3N2O4/c17-16(18,19)14(23)21-11-6-7-13(12(22)8-11)25-15(24)20-9-10-4-2-1-3-5-10/h1-5,11-13,22H,6-9H2,(H,20,24)(H,21,23)/t11-,12-,13-/m1/s1. The lowest BCUT2D eigenvalue weighted by molar-refractivity contribution is -0.175. The van der Waals surface area contributed by atoms with E-state index in [2.05, 4.69) is 5.32 Å². The topological polar surface area (TPSA) is 87.7 Å². The molecule has 0 heterocycles. The summed E-state index contributed by atoms with van der Waals surface area (Å²) in [7, 11) is 0. The highest BCUT2D eigenvalue weighted by Gasteiger charge is 2.41. The number of carbonyl (C=O) groups is 2. The van der Waals surface area contributed by atoms with E-state index < -0.39 is 36.4 Å². The summed E-state index contributed by atoms with van der Waals surface area (Å²) < 4.78 is 41.8. The minimum Gasteiger partial charge on any atom is -0.443 e. The Morgan fingerprint density at radius 1 is 1.20 bits per heavy atom. The Labute approximate surface area is 142 Å². The van der Waals surface area contributed by atoms with Gasteiger partial charge in [-0.25, -0.2) is 4.79 Å². The number of ether oxygens (including phenoxy) is 1. The van der Waals surface area contributed by atoms with Crippen molar-refractivity contribution in [1.29, 1.82) is 0 Å². The smallest absolute Gasteiger partial charge is 0.443 e. The average molecular weight is 360 g/mol. The first-order valence-electron chi connectivity index (χ1n) is 7.80.